The molecular weight excluding hydrogens is 200 g/mol. The summed E-state index contributed by atoms with van der Waals surface area (Å²) in [6, 6.07) is 6.31. The third-order valence-electron chi connectivity index (χ3n) is 3.32. The van der Waals surface area contributed by atoms with Crippen LogP contribution in [0.1, 0.15) is 24.3 Å². The monoisotopic (exact) mass is 220 g/mol. The molecule has 1 unspecified atom stereocenters. The van der Waals surface area contributed by atoms with E-state index in [1.165, 1.54) is 17.7 Å². The molecule has 3 nitrogen and oxygen atoms in total. The first kappa shape index (κ1) is 11.3. The summed E-state index contributed by atoms with van der Waals surface area (Å²) in [5, 5.41) is 0. The molecule has 3 heteroatoms. The second kappa shape index (κ2) is 4.74. The predicted octanol–water partition coefficient (Wildman–Crippen LogP) is 1.97. The highest BCUT2D eigenvalue weighted by Gasteiger charge is 2.28. The minimum atomic E-state index is 0.610. The number of nitrogens with zero attached hydrogens (tertiary/aromatic N) is 1. The van der Waals surface area contributed by atoms with Gasteiger partial charge in [-0.2, -0.15) is 0 Å². The molecule has 2 N–H and O–H groups in total. The Labute approximate surface area is 97.2 Å². The average molecular weight is 220 g/mol. The fourth-order valence-electron chi connectivity index (χ4n) is 2.57. The van der Waals surface area contributed by atoms with Gasteiger partial charge in [0.2, 0.25) is 0 Å². The molecule has 0 aromatic heterocycles. The van der Waals surface area contributed by atoms with Gasteiger partial charge in [0.15, 0.2) is 0 Å². The molecule has 0 amide bonds. The van der Waals surface area contributed by atoms with E-state index in [-0.39, 0.29) is 0 Å². The van der Waals surface area contributed by atoms with Gasteiger partial charge in [-0.3, -0.25) is 0 Å². The van der Waals surface area contributed by atoms with Crippen molar-refractivity contribution in [1.82, 2.24) is 0 Å². The Morgan fingerprint density at radius 3 is 3.00 bits per heavy atom. The van der Waals surface area contributed by atoms with Crippen LogP contribution in [0.4, 0.5) is 5.69 Å². The normalized spacial score (nSPS) is 18.7. The summed E-state index contributed by atoms with van der Waals surface area (Å²) in [7, 11) is 3.86. The number of hydrogen-bond acceptors (Lipinski definition) is 3. The van der Waals surface area contributed by atoms with E-state index in [0.717, 1.165) is 25.3 Å². The molecule has 0 aliphatic carbocycles. The summed E-state index contributed by atoms with van der Waals surface area (Å²) >= 11 is 0. The van der Waals surface area contributed by atoms with Gasteiger partial charge < -0.3 is 15.4 Å². The van der Waals surface area contributed by atoms with Crippen LogP contribution in [-0.2, 0) is 0 Å². The first-order valence-corrected chi connectivity index (χ1v) is 5.86. The van der Waals surface area contributed by atoms with Gasteiger partial charge >= 0.3 is 0 Å². The van der Waals surface area contributed by atoms with Gasteiger partial charge in [-0.15, -0.1) is 0 Å². The molecule has 0 bridgehead atoms. The first-order chi connectivity index (χ1) is 7.77. The number of para-hydroxylation sites is 1. The van der Waals surface area contributed by atoms with Crippen LogP contribution in [0.25, 0.3) is 0 Å². The molecular formula is C13H20N2O. The zero-order valence-corrected chi connectivity index (χ0v) is 10.1. The van der Waals surface area contributed by atoms with E-state index in [4.69, 9.17) is 10.5 Å². The number of anilines is 1. The Morgan fingerprint density at radius 1 is 1.50 bits per heavy atom. The van der Waals surface area contributed by atoms with Gasteiger partial charge in [-0.05, 0) is 31.0 Å². The highest BCUT2D eigenvalue weighted by atomic mass is 16.5. The molecule has 1 aromatic rings. The number of nitrogens with two attached hydrogens (primary N) is 1. The van der Waals surface area contributed by atoms with Crippen molar-refractivity contribution in [3.63, 3.8) is 0 Å². The second-order valence-corrected chi connectivity index (χ2v) is 4.41. The molecule has 0 spiro atoms. The lowest BCUT2D eigenvalue weighted by Crippen LogP contribution is -2.16. The maximum absolute atomic E-state index is 5.58. The number of rotatable bonds is 4. The quantitative estimate of drug-likeness (QED) is 0.843. The summed E-state index contributed by atoms with van der Waals surface area (Å²) in [6.07, 6.45) is 2.26. The molecule has 88 valence electrons. The topological polar surface area (TPSA) is 38.5 Å². The van der Waals surface area contributed by atoms with Crippen LogP contribution < -0.4 is 15.4 Å². The maximum Gasteiger partial charge on any atom is 0.142 e. The molecule has 1 atom stereocenters. The number of fused-ring (bicyclic) bond motifs is 1. The van der Waals surface area contributed by atoms with Gasteiger partial charge in [0.1, 0.15) is 5.75 Å². The molecule has 0 saturated carbocycles. The summed E-state index contributed by atoms with van der Waals surface area (Å²) in [5.41, 5.74) is 8.25. The van der Waals surface area contributed by atoms with Crippen LogP contribution >= 0.6 is 0 Å². The van der Waals surface area contributed by atoms with Crippen LogP contribution in [0.15, 0.2) is 18.2 Å². The molecule has 0 fully saturated rings. The van der Waals surface area contributed by atoms with Gasteiger partial charge in [-0.25, -0.2) is 0 Å². The van der Waals surface area contributed by atoms with Crippen molar-refractivity contribution < 1.29 is 4.74 Å². The van der Waals surface area contributed by atoms with Crippen molar-refractivity contribution in [2.45, 2.75) is 18.8 Å². The Morgan fingerprint density at radius 2 is 2.31 bits per heavy atom. The van der Waals surface area contributed by atoms with Crippen LogP contribution in [0.3, 0.4) is 0 Å². The highest BCUT2D eigenvalue weighted by molar-refractivity contribution is 5.68. The van der Waals surface area contributed by atoms with Crippen molar-refractivity contribution in [2.24, 2.45) is 5.73 Å². The van der Waals surface area contributed by atoms with Crippen molar-refractivity contribution in [1.29, 1.82) is 0 Å². The van der Waals surface area contributed by atoms with Crippen LogP contribution in [0, 0.1) is 0 Å². The second-order valence-electron chi connectivity index (χ2n) is 4.41. The summed E-state index contributed by atoms with van der Waals surface area (Å²) in [6.45, 7) is 1.86. The van der Waals surface area contributed by atoms with E-state index in [1.807, 2.05) is 6.07 Å². The number of benzene rings is 1. The van der Waals surface area contributed by atoms with Gasteiger partial charge in [0.25, 0.3) is 0 Å². The van der Waals surface area contributed by atoms with Gasteiger partial charge in [0.05, 0.1) is 12.8 Å². The molecule has 16 heavy (non-hydrogen) atoms. The maximum atomic E-state index is 5.58. The molecule has 1 aromatic carbocycles. The number of ether oxygens (including phenoxy) is 1. The Hall–Kier alpha value is -1.22. The molecule has 1 aliphatic rings. The summed E-state index contributed by atoms with van der Waals surface area (Å²) < 4.78 is 5.41. The minimum absolute atomic E-state index is 0.610. The zero-order chi connectivity index (χ0) is 11.5. The Kier molecular flexibility index (Phi) is 3.34. The lowest BCUT2D eigenvalue weighted by atomic mass is 9.96. The third kappa shape index (κ3) is 1.87. The molecule has 1 aliphatic heterocycles. The highest BCUT2D eigenvalue weighted by Crippen LogP contribution is 2.43. The van der Waals surface area contributed by atoms with Crippen molar-refractivity contribution in [3.05, 3.63) is 23.8 Å². The standard InChI is InChI=1S/C13H20N2O/c1-15-9-10(5-4-8-14)11-6-3-7-12(16-2)13(11)15/h3,6-7,10H,4-5,8-9,14H2,1-2H3. The largest absolute Gasteiger partial charge is 0.495 e. The smallest absolute Gasteiger partial charge is 0.142 e. The molecule has 0 saturated heterocycles. The zero-order valence-electron chi connectivity index (χ0n) is 10.1. The summed E-state index contributed by atoms with van der Waals surface area (Å²) in [5.74, 6) is 1.59. The predicted molar refractivity (Wildman–Crippen MR) is 67.3 cm³/mol. The molecule has 2 rings (SSSR count). The Balaban J connectivity index is 2.28. The number of methoxy groups -OCH3 is 1. The molecule has 0 radical (unpaired) electrons. The van der Waals surface area contributed by atoms with E-state index in [9.17, 15) is 0 Å². The van der Waals surface area contributed by atoms with Crippen LogP contribution in [-0.4, -0.2) is 27.2 Å². The first-order valence-electron chi connectivity index (χ1n) is 5.86. The summed E-state index contributed by atoms with van der Waals surface area (Å²) in [4.78, 5) is 2.29. The van der Waals surface area contributed by atoms with E-state index in [0.29, 0.717) is 5.92 Å². The number of hydrogen-bond donors (Lipinski definition) is 1. The fraction of sp³-hybridized carbons (Fsp3) is 0.538. The van der Waals surface area contributed by atoms with Gasteiger partial charge in [-0.1, -0.05) is 12.1 Å². The van der Waals surface area contributed by atoms with E-state index < -0.39 is 0 Å². The van der Waals surface area contributed by atoms with Crippen LogP contribution in [0.2, 0.25) is 0 Å². The van der Waals surface area contributed by atoms with Crippen molar-refractivity contribution in [2.75, 3.05) is 32.1 Å². The molecule has 1 heterocycles. The number of likely N-dealkylation sites (N-methyl/N-ethyl adjacent to an activating group) is 1. The van der Waals surface area contributed by atoms with E-state index in [2.05, 4.69) is 24.1 Å². The van der Waals surface area contributed by atoms with Crippen molar-refractivity contribution in [3.8, 4) is 5.75 Å². The Bertz CT molecular complexity index is 365. The van der Waals surface area contributed by atoms with Crippen LogP contribution in [0.5, 0.6) is 5.75 Å². The lowest BCUT2D eigenvalue weighted by Gasteiger charge is -2.15. The fourth-order valence-corrected chi connectivity index (χ4v) is 2.57. The third-order valence-corrected chi connectivity index (χ3v) is 3.32. The lowest BCUT2D eigenvalue weighted by molar-refractivity contribution is 0.415. The minimum Gasteiger partial charge on any atom is -0.495 e. The SMILES string of the molecule is COc1cccc2c1N(C)CC2CCCN. The van der Waals surface area contributed by atoms with Gasteiger partial charge in [0, 0.05) is 19.5 Å². The van der Waals surface area contributed by atoms with Crippen molar-refractivity contribution >= 4 is 5.69 Å². The van der Waals surface area contributed by atoms with E-state index in [1.54, 1.807) is 7.11 Å². The van der Waals surface area contributed by atoms with E-state index >= 15 is 0 Å². The average Bonchev–Trinajstić information content (AvgIpc) is 2.64.